The molecule has 2 N–H and O–H groups in total. The summed E-state index contributed by atoms with van der Waals surface area (Å²) in [7, 11) is 0. The van der Waals surface area contributed by atoms with Crippen molar-refractivity contribution >= 4 is 17.9 Å². The van der Waals surface area contributed by atoms with E-state index in [4.69, 9.17) is 5.21 Å². The maximum Gasteiger partial charge on any atom is 0.261 e. The van der Waals surface area contributed by atoms with Gasteiger partial charge in [0.15, 0.2) is 0 Å². The lowest BCUT2D eigenvalue weighted by Crippen LogP contribution is -2.46. The average molecular weight is 310 g/mol. The van der Waals surface area contributed by atoms with Crippen molar-refractivity contribution < 1.29 is 10.0 Å². The molecule has 0 spiro atoms. The van der Waals surface area contributed by atoms with Crippen LogP contribution in [0.15, 0.2) is 29.2 Å². The molecule has 0 bridgehead atoms. The van der Waals surface area contributed by atoms with Crippen LogP contribution in [0.1, 0.15) is 39.7 Å². The van der Waals surface area contributed by atoms with Gasteiger partial charge in [-0.2, -0.15) is 0 Å². The van der Waals surface area contributed by atoms with E-state index in [1.165, 1.54) is 5.56 Å². The highest BCUT2D eigenvalue weighted by molar-refractivity contribution is 7.97. The van der Waals surface area contributed by atoms with Crippen molar-refractivity contribution in [2.75, 3.05) is 6.54 Å². The Morgan fingerprint density at radius 1 is 1.29 bits per heavy atom. The van der Waals surface area contributed by atoms with Crippen LogP contribution in [0.4, 0.5) is 0 Å². The Morgan fingerprint density at radius 3 is 2.33 bits per heavy atom. The highest BCUT2D eigenvalue weighted by atomic mass is 32.2. The van der Waals surface area contributed by atoms with Gasteiger partial charge in [0.2, 0.25) is 0 Å². The normalized spacial score (nSPS) is 12.7. The number of nitrogens with zero attached hydrogens (tertiary/aromatic N) is 1. The number of amides is 1. The molecule has 1 rings (SSSR count). The van der Waals surface area contributed by atoms with Crippen molar-refractivity contribution in [3.05, 3.63) is 29.8 Å². The van der Waals surface area contributed by atoms with Gasteiger partial charge in [0.1, 0.15) is 6.04 Å². The molecule has 0 saturated carbocycles. The largest absolute Gasteiger partial charge is 0.289 e. The van der Waals surface area contributed by atoms with E-state index in [-0.39, 0.29) is 17.9 Å². The van der Waals surface area contributed by atoms with E-state index >= 15 is 0 Å². The van der Waals surface area contributed by atoms with E-state index in [1.54, 1.807) is 17.4 Å². The van der Waals surface area contributed by atoms with Crippen molar-refractivity contribution in [3.8, 4) is 0 Å². The van der Waals surface area contributed by atoms with Crippen molar-refractivity contribution in [1.29, 1.82) is 0 Å². The second-order valence-electron chi connectivity index (χ2n) is 5.39. The molecule has 0 aliphatic carbocycles. The lowest BCUT2D eigenvalue weighted by atomic mass is 10.0. The van der Waals surface area contributed by atoms with Crippen molar-refractivity contribution in [3.63, 3.8) is 0 Å². The van der Waals surface area contributed by atoms with Crippen molar-refractivity contribution in [2.45, 2.75) is 51.5 Å². The molecular weight excluding hydrogens is 284 g/mol. The SMILES string of the molecule is CCCN(Sc1ccc(CC)cc1)C(C(=O)NO)C(C)C. The maximum atomic E-state index is 11.9. The fourth-order valence-corrected chi connectivity index (χ4v) is 3.47. The summed E-state index contributed by atoms with van der Waals surface area (Å²) in [5.74, 6) is -0.234. The molecule has 1 unspecified atom stereocenters. The van der Waals surface area contributed by atoms with Gasteiger partial charge in [-0.05, 0) is 48.4 Å². The zero-order valence-corrected chi connectivity index (χ0v) is 14.1. The quantitative estimate of drug-likeness (QED) is 0.438. The topological polar surface area (TPSA) is 52.6 Å². The number of hydrogen-bond acceptors (Lipinski definition) is 4. The Hall–Kier alpha value is -1.04. The lowest BCUT2D eigenvalue weighted by Gasteiger charge is -2.31. The zero-order chi connectivity index (χ0) is 15.8. The number of benzene rings is 1. The van der Waals surface area contributed by atoms with E-state index < -0.39 is 0 Å². The first-order valence-corrected chi connectivity index (χ1v) is 8.28. The van der Waals surface area contributed by atoms with E-state index in [0.717, 1.165) is 24.3 Å². The Labute approximate surface area is 132 Å². The Kier molecular flexibility index (Phi) is 7.78. The summed E-state index contributed by atoms with van der Waals surface area (Å²) in [6, 6.07) is 8.04. The number of carbonyl (C=O) groups excluding carboxylic acids is 1. The average Bonchev–Trinajstić information content (AvgIpc) is 2.47. The van der Waals surface area contributed by atoms with Crippen LogP contribution in [0.2, 0.25) is 0 Å². The Balaban J connectivity index is 2.90. The third-order valence-electron chi connectivity index (χ3n) is 3.32. The van der Waals surface area contributed by atoms with Gasteiger partial charge in [-0.25, -0.2) is 9.79 Å². The third-order valence-corrected chi connectivity index (χ3v) is 4.45. The first-order chi connectivity index (χ1) is 10.0. The number of nitrogens with one attached hydrogen (secondary N) is 1. The summed E-state index contributed by atoms with van der Waals surface area (Å²) in [4.78, 5) is 13.1. The highest BCUT2D eigenvalue weighted by Gasteiger charge is 2.29. The predicted octanol–water partition coefficient (Wildman–Crippen LogP) is 3.50. The van der Waals surface area contributed by atoms with Crippen LogP contribution in [-0.4, -0.2) is 28.0 Å². The van der Waals surface area contributed by atoms with Crippen LogP contribution >= 0.6 is 11.9 Å². The van der Waals surface area contributed by atoms with Gasteiger partial charge in [-0.1, -0.05) is 39.8 Å². The van der Waals surface area contributed by atoms with Gasteiger partial charge < -0.3 is 0 Å². The van der Waals surface area contributed by atoms with E-state index in [9.17, 15) is 4.79 Å². The minimum Gasteiger partial charge on any atom is -0.289 e. The highest BCUT2D eigenvalue weighted by Crippen LogP contribution is 2.28. The van der Waals surface area contributed by atoms with Crippen LogP contribution in [-0.2, 0) is 11.2 Å². The minimum atomic E-state index is -0.356. The molecule has 1 aromatic rings. The first-order valence-electron chi connectivity index (χ1n) is 7.50. The van der Waals surface area contributed by atoms with Gasteiger partial charge in [-0.3, -0.25) is 10.0 Å². The molecule has 0 radical (unpaired) electrons. The molecule has 0 aliphatic heterocycles. The molecule has 118 valence electrons. The smallest absolute Gasteiger partial charge is 0.261 e. The summed E-state index contributed by atoms with van der Waals surface area (Å²) >= 11 is 1.57. The van der Waals surface area contributed by atoms with Crippen molar-refractivity contribution in [1.82, 2.24) is 9.79 Å². The van der Waals surface area contributed by atoms with Gasteiger partial charge in [0.25, 0.3) is 5.91 Å². The van der Waals surface area contributed by atoms with Crippen LogP contribution < -0.4 is 5.48 Å². The second kappa shape index (κ2) is 9.07. The molecule has 0 heterocycles. The Morgan fingerprint density at radius 2 is 1.90 bits per heavy atom. The van der Waals surface area contributed by atoms with E-state index in [0.29, 0.717) is 0 Å². The van der Waals surface area contributed by atoms with Gasteiger partial charge in [0, 0.05) is 11.4 Å². The lowest BCUT2D eigenvalue weighted by molar-refractivity contribution is -0.134. The molecule has 5 heteroatoms. The van der Waals surface area contributed by atoms with Crippen LogP contribution in [0.3, 0.4) is 0 Å². The standard InChI is InChI=1S/C16H26N2O2S/c1-5-11-18(15(12(3)4)16(19)17-20)21-14-9-7-13(6-2)8-10-14/h7-10,12,15,20H,5-6,11H2,1-4H3,(H,17,19). The Bertz CT molecular complexity index is 434. The number of hydrogen-bond donors (Lipinski definition) is 2. The molecule has 0 saturated heterocycles. The summed E-state index contributed by atoms with van der Waals surface area (Å²) in [6.07, 6.45) is 1.97. The first kappa shape index (κ1) is 18.0. The number of hydroxylamine groups is 1. The van der Waals surface area contributed by atoms with Gasteiger partial charge >= 0.3 is 0 Å². The van der Waals surface area contributed by atoms with Gasteiger partial charge in [-0.15, -0.1) is 0 Å². The van der Waals surface area contributed by atoms with Crippen LogP contribution in [0.25, 0.3) is 0 Å². The fraction of sp³-hybridized carbons (Fsp3) is 0.562. The molecule has 1 atom stereocenters. The molecular formula is C16H26N2O2S. The summed E-state index contributed by atoms with van der Waals surface area (Å²) in [6.45, 7) is 8.98. The molecule has 1 aromatic carbocycles. The third kappa shape index (κ3) is 5.34. The summed E-state index contributed by atoms with van der Waals surface area (Å²) in [5, 5.41) is 8.97. The molecule has 0 aromatic heterocycles. The second-order valence-corrected chi connectivity index (χ2v) is 6.52. The minimum absolute atomic E-state index is 0.117. The summed E-state index contributed by atoms with van der Waals surface area (Å²) < 4.78 is 2.05. The maximum absolute atomic E-state index is 11.9. The molecule has 4 nitrogen and oxygen atoms in total. The molecule has 0 fully saturated rings. The van der Waals surface area contributed by atoms with Crippen molar-refractivity contribution in [2.24, 2.45) is 5.92 Å². The number of rotatable bonds is 8. The molecule has 0 aliphatic rings. The fourth-order valence-electron chi connectivity index (χ4n) is 2.22. The van der Waals surface area contributed by atoms with E-state index in [1.807, 2.05) is 13.8 Å². The number of carbonyl (C=O) groups is 1. The molecule has 1 amide bonds. The number of aryl methyl sites for hydroxylation is 1. The zero-order valence-electron chi connectivity index (χ0n) is 13.3. The van der Waals surface area contributed by atoms with Crippen LogP contribution in [0.5, 0.6) is 0 Å². The van der Waals surface area contributed by atoms with Crippen LogP contribution in [0, 0.1) is 5.92 Å². The van der Waals surface area contributed by atoms with E-state index in [2.05, 4.69) is 42.4 Å². The monoisotopic (exact) mass is 310 g/mol. The molecule has 21 heavy (non-hydrogen) atoms. The van der Waals surface area contributed by atoms with Gasteiger partial charge in [0.05, 0.1) is 0 Å². The predicted molar refractivity (Wildman–Crippen MR) is 87.2 cm³/mol. The summed E-state index contributed by atoms with van der Waals surface area (Å²) in [5.41, 5.74) is 3.10.